The van der Waals surface area contributed by atoms with Gasteiger partial charge in [-0.05, 0) is 24.3 Å². The van der Waals surface area contributed by atoms with Gasteiger partial charge in [0.1, 0.15) is 0 Å². The summed E-state index contributed by atoms with van der Waals surface area (Å²) < 4.78 is 27.0. The Balaban J connectivity index is 1.44. The van der Waals surface area contributed by atoms with Crippen molar-refractivity contribution in [1.82, 2.24) is 9.62 Å². The highest BCUT2D eigenvalue weighted by molar-refractivity contribution is 7.89. The molecule has 0 aliphatic carbocycles. The molecule has 0 unspecified atom stereocenters. The number of hydrogen-bond acceptors (Lipinski definition) is 4. The quantitative estimate of drug-likeness (QED) is 0.867. The van der Waals surface area contributed by atoms with Crippen molar-refractivity contribution < 1.29 is 8.42 Å². The monoisotopic (exact) mass is 345 g/mol. The van der Waals surface area contributed by atoms with Gasteiger partial charge >= 0.3 is 0 Å². The number of nitrogens with one attached hydrogen (secondary N) is 1. The molecule has 1 N–H and O–H groups in total. The maximum Gasteiger partial charge on any atom is 0.240 e. The number of hydrogen-bond donors (Lipinski definition) is 1. The van der Waals surface area contributed by atoms with Crippen molar-refractivity contribution in [3.63, 3.8) is 0 Å². The van der Waals surface area contributed by atoms with Gasteiger partial charge in [0.2, 0.25) is 10.0 Å². The molecule has 2 aromatic carbocycles. The molecule has 24 heavy (non-hydrogen) atoms. The number of nitrogens with zero attached hydrogens (tertiary/aromatic N) is 2. The van der Waals surface area contributed by atoms with E-state index in [1.807, 2.05) is 12.1 Å². The third-order valence-electron chi connectivity index (χ3n) is 4.27. The molecule has 1 aliphatic heterocycles. The zero-order chi connectivity index (χ0) is 16.8. The molecule has 1 aliphatic rings. The summed E-state index contributed by atoms with van der Waals surface area (Å²) in [6, 6.07) is 18.9. The summed E-state index contributed by atoms with van der Waals surface area (Å²) in [5, 5.41) is 0. The maximum atomic E-state index is 12.2. The second-order valence-corrected chi connectivity index (χ2v) is 7.64. The first-order valence-corrected chi connectivity index (χ1v) is 9.70. The minimum atomic E-state index is -3.40. The lowest BCUT2D eigenvalue weighted by Gasteiger charge is -2.36. The van der Waals surface area contributed by atoms with Gasteiger partial charge in [-0.25, -0.2) is 13.1 Å². The largest absolute Gasteiger partial charge is 0.369 e. The molecular formula is C18H23N3O2S. The number of piperazine rings is 1. The first-order chi connectivity index (χ1) is 11.6. The summed E-state index contributed by atoms with van der Waals surface area (Å²) >= 11 is 0. The Kier molecular flexibility index (Phi) is 5.50. The van der Waals surface area contributed by atoms with Gasteiger partial charge in [0.15, 0.2) is 0 Å². The first kappa shape index (κ1) is 17.0. The van der Waals surface area contributed by atoms with Crippen LogP contribution in [0.4, 0.5) is 5.69 Å². The van der Waals surface area contributed by atoms with Crippen molar-refractivity contribution in [2.75, 3.05) is 44.2 Å². The standard InChI is InChI=1S/C18H23N3O2S/c22-24(23,18-9-5-2-6-10-18)19-11-12-20-13-15-21(16-14-20)17-7-3-1-4-8-17/h1-10,19H,11-16H2. The van der Waals surface area contributed by atoms with Crippen LogP contribution < -0.4 is 9.62 Å². The third-order valence-corrected chi connectivity index (χ3v) is 5.74. The molecule has 2 aromatic rings. The Morgan fingerprint density at radius 2 is 1.42 bits per heavy atom. The first-order valence-electron chi connectivity index (χ1n) is 8.22. The van der Waals surface area contributed by atoms with E-state index in [0.717, 1.165) is 32.7 Å². The zero-order valence-corrected chi connectivity index (χ0v) is 14.5. The highest BCUT2D eigenvalue weighted by atomic mass is 32.2. The molecule has 5 nitrogen and oxygen atoms in total. The van der Waals surface area contributed by atoms with Gasteiger partial charge in [0, 0.05) is 45.0 Å². The van der Waals surface area contributed by atoms with Crippen LogP contribution in [0.1, 0.15) is 0 Å². The van der Waals surface area contributed by atoms with Gasteiger partial charge in [0.25, 0.3) is 0 Å². The Labute approximate surface area is 144 Å². The zero-order valence-electron chi connectivity index (χ0n) is 13.6. The molecule has 0 saturated carbocycles. The van der Waals surface area contributed by atoms with E-state index in [1.54, 1.807) is 24.3 Å². The summed E-state index contributed by atoms with van der Waals surface area (Å²) in [6.07, 6.45) is 0. The lowest BCUT2D eigenvalue weighted by molar-refractivity contribution is 0.262. The van der Waals surface area contributed by atoms with Crippen LogP contribution in [0.3, 0.4) is 0 Å². The van der Waals surface area contributed by atoms with Crippen LogP contribution in [-0.2, 0) is 10.0 Å². The normalized spacial score (nSPS) is 16.2. The summed E-state index contributed by atoms with van der Waals surface area (Å²) in [6.45, 7) is 4.99. The van der Waals surface area contributed by atoms with Gasteiger partial charge in [-0.1, -0.05) is 36.4 Å². The maximum absolute atomic E-state index is 12.2. The predicted molar refractivity (Wildman–Crippen MR) is 96.7 cm³/mol. The topological polar surface area (TPSA) is 52.7 Å². The van der Waals surface area contributed by atoms with Crippen LogP contribution in [0.5, 0.6) is 0 Å². The van der Waals surface area contributed by atoms with Gasteiger partial charge in [0.05, 0.1) is 4.90 Å². The Bertz CT molecular complexity index is 727. The van der Waals surface area contributed by atoms with Crippen molar-refractivity contribution in [2.24, 2.45) is 0 Å². The number of anilines is 1. The van der Waals surface area contributed by atoms with E-state index in [-0.39, 0.29) is 0 Å². The fourth-order valence-corrected chi connectivity index (χ4v) is 3.93. The lowest BCUT2D eigenvalue weighted by Crippen LogP contribution is -2.48. The van der Waals surface area contributed by atoms with E-state index in [0.29, 0.717) is 11.4 Å². The Morgan fingerprint density at radius 1 is 0.833 bits per heavy atom. The van der Waals surface area contributed by atoms with Crippen molar-refractivity contribution >= 4 is 15.7 Å². The molecule has 0 amide bonds. The second-order valence-electron chi connectivity index (χ2n) is 5.88. The van der Waals surface area contributed by atoms with Gasteiger partial charge in [-0.2, -0.15) is 0 Å². The smallest absolute Gasteiger partial charge is 0.240 e. The fourth-order valence-electron chi connectivity index (χ4n) is 2.89. The lowest BCUT2D eigenvalue weighted by atomic mass is 10.2. The number of rotatable bonds is 6. The van der Waals surface area contributed by atoms with E-state index in [4.69, 9.17) is 0 Å². The summed E-state index contributed by atoms with van der Waals surface area (Å²) in [4.78, 5) is 4.98. The minimum absolute atomic E-state index is 0.318. The molecule has 0 aromatic heterocycles. The summed E-state index contributed by atoms with van der Waals surface area (Å²) in [7, 11) is -3.40. The number of para-hydroxylation sites is 1. The van der Waals surface area contributed by atoms with Crippen molar-refractivity contribution in [1.29, 1.82) is 0 Å². The van der Waals surface area contributed by atoms with Crippen molar-refractivity contribution in [2.45, 2.75) is 4.90 Å². The van der Waals surface area contributed by atoms with E-state index in [9.17, 15) is 8.42 Å². The van der Waals surface area contributed by atoms with Crippen molar-refractivity contribution in [3.8, 4) is 0 Å². The van der Waals surface area contributed by atoms with Crippen LogP contribution in [0, 0.1) is 0 Å². The van der Waals surface area contributed by atoms with Crippen LogP contribution in [-0.4, -0.2) is 52.6 Å². The molecule has 0 atom stereocenters. The average molecular weight is 345 g/mol. The van der Waals surface area contributed by atoms with Crippen LogP contribution in [0.2, 0.25) is 0 Å². The third kappa shape index (κ3) is 4.35. The van der Waals surface area contributed by atoms with Gasteiger partial charge in [-0.3, -0.25) is 4.90 Å². The van der Waals surface area contributed by atoms with Crippen molar-refractivity contribution in [3.05, 3.63) is 60.7 Å². The van der Waals surface area contributed by atoms with Crippen LogP contribution >= 0.6 is 0 Å². The van der Waals surface area contributed by atoms with E-state index in [2.05, 4.69) is 38.8 Å². The highest BCUT2D eigenvalue weighted by Gasteiger charge is 2.18. The molecule has 0 bridgehead atoms. The second kappa shape index (κ2) is 7.79. The molecule has 128 valence electrons. The highest BCUT2D eigenvalue weighted by Crippen LogP contribution is 2.15. The van der Waals surface area contributed by atoms with E-state index < -0.39 is 10.0 Å². The summed E-state index contributed by atoms with van der Waals surface area (Å²) in [5.74, 6) is 0. The fraction of sp³-hybridized carbons (Fsp3) is 0.333. The number of benzene rings is 2. The average Bonchev–Trinajstić information content (AvgIpc) is 2.64. The molecule has 1 fully saturated rings. The minimum Gasteiger partial charge on any atom is -0.369 e. The molecule has 0 spiro atoms. The summed E-state index contributed by atoms with van der Waals surface area (Å²) in [5.41, 5.74) is 1.25. The molecular weight excluding hydrogens is 322 g/mol. The van der Waals surface area contributed by atoms with Gasteiger partial charge < -0.3 is 4.90 Å². The Hall–Kier alpha value is -1.89. The van der Waals surface area contributed by atoms with Crippen LogP contribution in [0.25, 0.3) is 0 Å². The van der Waals surface area contributed by atoms with Gasteiger partial charge in [-0.15, -0.1) is 0 Å². The van der Waals surface area contributed by atoms with E-state index in [1.165, 1.54) is 5.69 Å². The molecule has 1 heterocycles. The number of sulfonamides is 1. The van der Waals surface area contributed by atoms with Crippen LogP contribution in [0.15, 0.2) is 65.6 Å². The molecule has 3 rings (SSSR count). The SMILES string of the molecule is O=S(=O)(NCCN1CCN(c2ccccc2)CC1)c1ccccc1. The Morgan fingerprint density at radius 3 is 2.04 bits per heavy atom. The molecule has 0 radical (unpaired) electrons. The van der Waals surface area contributed by atoms with E-state index >= 15 is 0 Å². The molecule has 6 heteroatoms. The predicted octanol–water partition coefficient (Wildman–Crippen LogP) is 1.79. The molecule has 1 saturated heterocycles.